The van der Waals surface area contributed by atoms with Crippen LogP contribution in [0.5, 0.6) is 0 Å². The molecular formula is C14H14F3NO4. The van der Waals surface area contributed by atoms with Crippen molar-refractivity contribution in [2.45, 2.75) is 12.5 Å². The molecule has 1 aliphatic rings. The van der Waals surface area contributed by atoms with Gasteiger partial charge in [-0.3, -0.25) is 9.59 Å². The number of likely N-dealkylation sites (tertiary alicyclic amines) is 1. The highest BCUT2D eigenvalue weighted by Gasteiger charge is 2.44. The van der Waals surface area contributed by atoms with Crippen molar-refractivity contribution in [1.82, 2.24) is 4.90 Å². The number of rotatable bonds is 5. The van der Waals surface area contributed by atoms with Gasteiger partial charge < -0.3 is 14.7 Å². The lowest BCUT2D eigenvalue weighted by molar-refractivity contribution is -0.142. The zero-order chi connectivity index (χ0) is 16.4. The molecule has 1 fully saturated rings. The smallest absolute Gasteiger partial charge is 0.309 e. The second-order valence-corrected chi connectivity index (χ2v) is 4.97. The Kier molecular flexibility index (Phi) is 4.70. The van der Waals surface area contributed by atoms with Crippen molar-refractivity contribution in [3.8, 4) is 0 Å². The predicted octanol–water partition coefficient (Wildman–Crippen LogP) is 1.72. The molecule has 0 aliphatic carbocycles. The zero-order valence-electron chi connectivity index (χ0n) is 11.7. The number of carbonyl (C=O) groups excluding carboxylic acids is 1. The second-order valence-electron chi connectivity index (χ2n) is 4.97. The number of carboxylic acid groups (broad SMARTS) is 1. The maximum absolute atomic E-state index is 13.4. The molecule has 0 radical (unpaired) electrons. The summed E-state index contributed by atoms with van der Waals surface area (Å²) < 4.78 is 44.7. The van der Waals surface area contributed by atoms with Crippen molar-refractivity contribution in [3.63, 3.8) is 0 Å². The van der Waals surface area contributed by atoms with Crippen LogP contribution in [0, 0.1) is 23.4 Å². The largest absolute Gasteiger partial charge is 0.481 e. The molecule has 1 heterocycles. The number of hydrogen-bond acceptors (Lipinski definition) is 3. The Morgan fingerprint density at radius 3 is 2.45 bits per heavy atom. The summed E-state index contributed by atoms with van der Waals surface area (Å²) in [5, 5.41) is 9.23. The van der Waals surface area contributed by atoms with Gasteiger partial charge in [0, 0.05) is 20.1 Å². The van der Waals surface area contributed by atoms with E-state index < -0.39 is 41.3 Å². The Bertz CT molecular complexity index is 585. The van der Waals surface area contributed by atoms with E-state index in [2.05, 4.69) is 0 Å². The SMILES string of the molecule is COCCN1C(=O)C[C@@H](C(=O)O)[C@H]1c1cc(F)c(F)c(F)c1. The van der Waals surface area contributed by atoms with Crippen molar-refractivity contribution < 1.29 is 32.6 Å². The molecule has 1 N–H and O–H groups in total. The third-order valence-electron chi connectivity index (χ3n) is 3.63. The van der Waals surface area contributed by atoms with E-state index in [1.165, 1.54) is 12.0 Å². The van der Waals surface area contributed by atoms with Gasteiger partial charge in [0.05, 0.1) is 18.6 Å². The van der Waals surface area contributed by atoms with E-state index in [4.69, 9.17) is 4.74 Å². The third-order valence-corrected chi connectivity index (χ3v) is 3.63. The van der Waals surface area contributed by atoms with Crippen LogP contribution in [0.3, 0.4) is 0 Å². The molecule has 0 aromatic heterocycles. The molecule has 0 saturated carbocycles. The standard InChI is InChI=1S/C14H14F3NO4/c1-22-3-2-18-11(19)6-8(14(20)21)13(18)7-4-9(15)12(17)10(16)5-7/h4-5,8,13H,2-3,6H2,1H3,(H,20,21)/t8-,13-/m1/s1. The van der Waals surface area contributed by atoms with Gasteiger partial charge >= 0.3 is 5.97 Å². The van der Waals surface area contributed by atoms with E-state index >= 15 is 0 Å². The first-order valence-electron chi connectivity index (χ1n) is 6.52. The molecule has 8 heteroatoms. The minimum absolute atomic E-state index is 0.0738. The van der Waals surface area contributed by atoms with E-state index in [1.54, 1.807) is 0 Å². The average Bonchev–Trinajstić information content (AvgIpc) is 2.79. The normalized spacial score (nSPS) is 21.5. The van der Waals surface area contributed by atoms with Crippen LogP contribution >= 0.6 is 0 Å². The highest BCUT2D eigenvalue weighted by atomic mass is 19.2. The number of aliphatic carboxylic acids is 1. The van der Waals surface area contributed by atoms with Crippen LogP contribution < -0.4 is 0 Å². The van der Waals surface area contributed by atoms with E-state index in [9.17, 15) is 27.9 Å². The molecule has 1 aromatic carbocycles. The van der Waals surface area contributed by atoms with Crippen LogP contribution in [0.25, 0.3) is 0 Å². The van der Waals surface area contributed by atoms with Gasteiger partial charge in [-0.05, 0) is 17.7 Å². The summed E-state index contributed by atoms with van der Waals surface area (Å²) in [5.74, 6) is -7.37. The van der Waals surface area contributed by atoms with Crippen LogP contribution in [0.2, 0.25) is 0 Å². The van der Waals surface area contributed by atoms with Crippen LogP contribution in [0.1, 0.15) is 18.0 Å². The van der Waals surface area contributed by atoms with Gasteiger partial charge in [-0.25, -0.2) is 13.2 Å². The Labute approximate surface area is 124 Å². The number of nitrogens with zero attached hydrogens (tertiary/aromatic N) is 1. The lowest BCUT2D eigenvalue weighted by atomic mass is 9.93. The van der Waals surface area contributed by atoms with Gasteiger partial charge in [0.1, 0.15) is 0 Å². The molecule has 0 bridgehead atoms. The number of benzene rings is 1. The zero-order valence-corrected chi connectivity index (χ0v) is 11.7. The van der Waals surface area contributed by atoms with Crippen LogP contribution in [-0.4, -0.2) is 42.1 Å². The van der Waals surface area contributed by atoms with E-state index in [0.717, 1.165) is 12.1 Å². The summed E-state index contributed by atoms with van der Waals surface area (Å²) in [7, 11) is 1.40. The van der Waals surface area contributed by atoms with Crippen LogP contribution in [0.4, 0.5) is 13.2 Å². The third kappa shape index (κ3) is 2.92. The summed E-state index contributed by atoms with van der Waals surface area (Å²) in [6.45, 7) is 0.213. The summed E-state index contributed by atoms with van der Waals surface area (Å²) >= 11 is 0. The number of carbonyl (C=O) groups is 2. The summed E-state index contributed by atoms with van der Waals surface area (Å²) in [4.78, 5) is 24.5. The monoisotopic (exact) mass is 317 g/mol. The fourth-order valence-electron chi connectivity index (χ4n) is 2.62. The number of halogens is 3. The average molecular weight is 317 g/mol. The van der Waals surface area contributed by atoms with Crippen LogP contribution in [0.15, 0.2) is 12.1 Å². The molecule has 5 nitrogen and oxygen atoms in total. The number of amides is 1. The van der Waals surface area contributed by atoms with Crippen molar-refractivity contribution in [3.05, 3.63) is 35.1 Å². The van der Waals surface area contributed by atoms with Crippen molar-refractivity contribution in [2.75, 3.05) is 20.3 Å². The predicted molar refractivity (Wildman–Crippen MR) is 68.4 cm³/mol. The highest BCUT2D eigenvalue weighted by Crippen LogP contribution is 2.38. The van der Waals surface area contributed by atoms with Crippen molar-refractivity contribution in [2.24, 2.45) is 5.92 Å². The van der Waals surface area contributed by atoms with Crippen molar-refractivity contribution >= 4 is 11.9 Å². The molecule has 120 valence electrons. The lowest BCUT2D eigenvalue weighted by Gasteiger charge is -2.27. The fraction of sp³-hybridized carbons (Fsp3) is 0.429. The quantitative estimate of drug-likeness (QED) is 0.840. The van der Waals surface area contributed by atoms with E-state index in [1.807, 2.05) is 0 Å². The molecule has 0 unspecified atom stereocenters. The maximum Gasteiger partial charge on any atom is 0.309 e. The fourth-order valence-corrected chi connectivity index (χ4v) is 2.62. The van der Waals surface area contributed by atoms with Gasteiger partial charge in [0.25, 0.3) is 0 Å². The molecule has 22 heavy (non-hydrogen) atoms. The Morgan fingerprint density at radius 2 is 1.95 bits per heavy atom. The minimum atomic E-state index is -1.64. The summed E-state index contributed by atoms with van der Waals surface area (Å²) in [5.41, 5.74) is -0.0919. The van der Waals surface area contributed by atoms with E-state index in [0.29, 0.717) is 0 Å². The number of methoxy groups -OCH3 is 1. The second kappa shape index (κ2) is 6.35. The number of hydrogen-bond donors (Lipinski definition) is 1. The van der Waals surface area contributed by atoms with Gasteiger partial charge in [0.2, 0.25) is 5.91 Å². The topological polar surface area (TPSA) is 66.8 Å². The first-order valence-corrected chi connectivity index (χ1v) is 6.52. The van der Waals surface area contributed by atoms with Crippen LogP contribution in [-0.2, 0) is 14.3 Å². The molecule has 0 spiro atoms. The van der Waals surface area contributed by atoms with E-state index in [-0.39, 0.29) is 25.1 Å². The molecule has 1 aromatic rings. The molecule has 1 aliphatic heterocycles. The van der Waals surface area contributed by atoms with Gasteiger partial charge in [0.15, 0.2) is 17.5 Å². The molecule has 2 atom stereocenters. The number of carboxylic acids is 1. The first-order chi connectivity index (χ1) is 10.4. The Hall–Kier alpha value is -2.09. The summed E-state index contributed by atoms with van der Waals surface area (Å²) in [6.07, 6.45) is -0.287. The Balaban J connectivity index is 2.45. The molecule has 1 saturated heterocycles. The molecule has 1 amide bonds. The molecular weight excluding hydrogens is 303 g/mol. The Morgan fingerprint density at radius 1 is 1.36 bits per heavy atom. The van der Waals surface area contributed by atoms with Gasteiger partial charge in [-0.15, -0.1) is 0 Å². The van der Waals surface area contributed by atoms with Crippen molar-refractivity contribution in [1.29, 1.82) is 0 Å². The summed E-state index contributed by atoms with van der Waals surface area (Å²) in [6, 6.07) is 0.374. The van der Waals surface area contributed by atoms with Gasteiger partial charge in [-0.2, -0.15) is 0 Å². The first kappa shape index (κ1) is 16.3. The highest BCUT2D eigenvalue weighted by molar-refractivity contribution is 5.87. The maximum atomic E-state index is 13.4. The minimum Gasteiger partial charge on any atom is -0.481 e. The number of ether oxygens (including phenoxy) is 1. The van der Waals surface area contributed by atoms with Gasteiger partial charge in [-0.1, -0.05) is 0 Å². The lowest BCUT2D eigenvalue weighted by Crippen LogP contribution is -2.33. The molecule has 2 rings (SSSR count).